The minimum absolute atomic E-state index is 0.161. The number of nitrogens with zero attached hydrogens (tertiary/aromatic N) is 2. The summed E-state index contributed by atoms with van der Waals surface area (Å²) in [6, 6.07) is 17.4. The van der Waals surface area contributed by atoms with E-state index in [-0.39, 0.29) is 10.8 Å². The Morgan fingerprint density at radius 1 is 0.861 bits per heavy atom. The Balaban J connectivity index is 1.62. The minimum Gasteiger partial charge on any atom is -0.314 e. The average molecular weight is 534 g/mol. The van der Waals surface area contributed by atoms with Crippen LogP contribution < -0.4 is 0 Å². The van der Waals surface area contributed by atoms with Gasteiger partial charge in [0.2, 0.25) is 0 Å². The first-order valence-corrected chi connectivity index (χ1v) is 14.6. The lowest BCUT2D eigenvalue weighted by atomic mass is 9.62. The van der Waals surface area contributed by atoms with Gasteiger partial charge in [0.15, 0.2) is 0 Å². The molecule has 0 fully saturated rings. The number of halogens is 2. The lowest BCUT2D eigenvalue weighted by molar-refractivity contribution is 0.331. The SMILES string of the molecule is CC1(C)CCC(C)(C)c2cc3c(cc21)CCc1c(-c2ccc(Cl)cc2)cn(-c2ccc(SCl)nc2)c1-3. The molecule has 2 aromatic carbocycles. The third-order valence-corrected chi connectivity index (χ3v) is 9.45. The lowest BCUT2D eigenvalue weighted by Crippen LogP contribution is -2.34. The van der Waals surface area contributed by atoms with Crippen molar-refractivity contribution in [1.29, 1.82) is 0 Å². The third kappa shape index (κ3) is 3.91. The molecule has 0 N–H and O–H groups in total. The maximum Gasteiger partial charge on any atom is 0.112 e. The van der Waals surface area contributed by atoms with Gasteiger partial charge in [0.25, 0.3) is 0 Å². The smallest absolute Gasteiger partial charge is 0.112 e. The van der Waals surface area contributed by atoms with Crippen molar-refractivity contribution in [2.45, 2.75) is 69.2 Å². The summed E-state index contributed by atoms with van der Waals surface area (Å²) in [4.78, 5) is 4.58. The van der Waals surface area contributed by atoms with Crippen molar-refractivity contribution in [2.75, 3.05) is 0 Å². The van der Waals surface area contributed by atoms with Gasteiger partial charge in [-0.25, -0.2) is 4.98 Å². The first-order valence-electron chi connectivity index (χ1n) is 12.6. The highest BCUT2D eigenvalue weighted by molar-refractivity contribution is 8.21. The molecule has 0 aliphatic heterocycles. The fraction of sp³-hybridized carbons (Fsp3) is 0.323. The molecule has 2 aliphatic rings. The van der Waals surface area contributed by atoms with Crippen LogP contribution in [0, 0.1) is 0 Å². The molecule has 0 unspecified atom stereocenters. The average Bonchev–Trinajstić information content (AvgIpc) is 3.27. The zero-order valence-electron chi connectivity index (χ0n) is 21.2. The number of aromatic nitrogens is 2. The molecule has 5 heteroatoms. The van der Waals surface area contributed by atoms with E-state index in [1.807, 2.05) is 24.4 Å². The van der Waals surface area contributed by atoms with Crippen LogP contribution >= 0.6 is 33.3 Å². The van der Waals surface area contributed by atoms with Gasteiger partial charge in [-0.15, -0.1) is 0 Å². The molecule has 0 radical (unpaired) electrons. The fourth-order valence-corrected chi connectivity index (χ4v) is 6.69. The predicted molar refractivity (Wildman–Crippen MR) is 154 cm³/mol. The van der Waals surface area contributed by atoms with Crippen LogP contribution in [-0.4, -0.2) is 9.55 Å². The largest absolute Gasteiger partial charge is 0.314 e. The van der Waals surface area contributed by atoms with Gasteiger partial charge >= 0.3 is 0 Å². The summed E-state index contributed by atoms with van der Waals surface area (Å²) in [6.45, 7) is 9.63. The van der Waals surface area contributed by atoms with E-state index in [1.54, 1.807) is 0 Å². The highest BCUT2D eigenvalue weighted by Crippen LogP contribution is 2.50. The van der Waals surface area contributed by atoms with E-state index in [9.17, 15) is 0 Å². The normalized spacial score (nSPS) is 17.3. The zero-order chi connectivity index (χ0) is 25.2. The van der Waals surface area contributed by atoms with E-state index in [0.717, 1.165) is 39.6 Å². The summed E-state index contributed by atoms with van der Waals surface area (Å²) in [7, 11) is 7.11. The standard InChI is InChI=1S/C31H30Cl2N2S/c1-30(2)13-14-31(3,4)27-16-24-20(15-26(27)30)7-11-23-25(19-5-8-21(32)9-6-19)18-35(29(23)24)22-10-12-28(36-33)34-17-22/h5-6,8-10,12,15-18H,7,11,13-14H2,1-4H3. The van der Waals surface area contributed by atoms with E-state index >= 15 is 0 Å². The van der Waals surface area contributed by atoms with Gasteiger partial charge in [-0.05, 0) is 105 Å². The topological polar surface area (TPSA) is 17.8 Å². The van der Waals surface area contributed by atoms with Gasteiger partial charge in [0, 0.05) is 33.3 Å². The van der Waals surface area contributed by atoms with Crippen molar-refractivity contribution in [3.63, 3.8) is 0 Å². The lowest BCUT2D eigenvalue weighted by Gasteiger charge is -2.43. The van der Waals surface area contributed by atoms with Crippen molar-refractivity contribution in [2.24, 2.45) is 0 Å². The highest BCUT2D eigenvalue weighted by Gasteiger charge is 2.39. The summed E-state index contributed by atoms with van der Waals surface area (Å²) in [5.74, 6) is 0. The third-order valence-electron chi connectivity index (χ3n) is 8.32. The molecule has 6 rings (SSSR count). The van der Waals surface area contributed by atoms with Crippen molar-refractivity contribution < 1.29 is 0 Å². The second-order valence-electron chi connectivity index (χ2n) is 11.5. The Morgan fingerprint density at radius 3 is 2.19 bits per heavy atom. The van der Waals surface area contributed by atoms with Crippen molar-refractivity contribution in [1.82, 2.24) is 9.55 Å². The fourth-order valence-electron chi connectivity index (χ4n) is 6.08. The van der Waals surface area contributed by atoms with Crippen LogP contribution in [0.25, 0.3) is 28.1 Å². The Kier molecular flexibility index (Phi) is 5.83. The Bertz CT molecular complexity index is 1460. The molecule has 36 heavy (non-hydrogen) atoms. The maximum atomic E-state index is 6.23. The van der Waals surface area contributed by atoms with Crippen LogP contribution in [0.1, 0.15) is 62.8 Å². The van der Waals surface area contributed by atoms with E-state index in [0.29, 0.717) is 0 Å². The van der Waals surface area contributed by atoms with Gasteiger partial charge in [0.1, 0.15) is 5.03 Å². The summed E-state index contributed by atoms with van der Waals surface area (Å²) in [5, 5.41) is 1.56. The number of hydrogen-bond acceptors (Lipinski definition) is 2. The summed E-state index contributed by atoms with van der Waals surface area (Å²) < 4.78 is 2.33. The Morgan fingerprint density at radius 2 is 1.56 bits per heavy atom. The number of rotatable bonds is 3. The summed E-state index contributed by atoms with van der Waals surface area (Å²) in [5.41, 5.74) is 12.4. The molecular formula is C31H30Cl2N2S. The van der Waals surface area contributed by atoms with E-state index < -0.39 is 0 Å². The van der Waals surface area contributed by atoms with Crippen LogP contribution in [0.5, 0.6) is 0 Å². The van der Waals surface area contributed by atoms with Gasteiger partial charge in [-0.3, -0.25) is 0 Å². The minimum atomic E-state index is 0.161. The number of benzene rings is 2. The number of fused-ring (bicyclic) bond motifs is 4. The number of aryl methyl sites for hydroxylation is 1. The van der Waals surface area contributed by atoms with Gasteiger partial charge in [-0.2, -0.15) is 0 Å². The van der Waals surface area contributed by atoms with Crippen molar-refractivity contribution >= 4 is 33.3 Å². The highest BCUT2D eigenvalue weighted by atomic mass is 35.7. The van der Waals surface area contributed by atoms with Gasteiger partial charge < -0.3 is 4.57 Å². The molecule has 2 nitrogen and oxygen atoms in total. The maximum absolute atomic E-state index is 6.23. The van der Waals surface area contributed by atoms with Crippen LogP contribution in [0.3, 0.4) is 0 Å². The monoisotopic (exact) mass is 532 g/mol. The molecule has 4 aromatic rings. The molecule has 0 bridgehead atoms. The molecule has 0 spiro atoms. The van der Waals surface area contributed by atoms with E-state index in [1.165, 1.54) is 57.5 Å². The Labute approximate surface area is 227 Å². The van der Waals surface area contributed by atoms with E-state index in [4.69, 9.17) is 22.3 Å². The van der Waals surface area contributed by atoms with Crippen LogP contribution in [0.15, 0.2) is 66.0 Å². The first kappa shape index (κ1) is 24.2. The molecule has 0 saturated heterocycles. The quantitative estimate of drug-likeness (QED) is 0.261. The molecule has 0 atom stereocenters. The summed E-state index contributed by atoms with van der Waals surface area (Å²) in [6.07, 6.45) is 8.70. The molecule has 0 amide bonds. The molecule has 2 aliphatic carbocycles. The van der Waals surface area contributed by atoms with Crippen LogP contribution in [0.4, 0.5) is 0 Å². The second kappa shape index (κ2) is 8.68. The van der Waals surface area contributed by atoms with Crippen molar-refractivity contribution in [3.05, 3.63) is 88.2 Å². The Hall–Kier alpha value is -2.20. The number of pyridine rings is 1. The molecule has 2 aromatic heterocycles. The zero-order valence-corrected chi connectivity index (χ0v) is 23.5. The predicted octanol–water partition coefficient (Wildman–Crippen LogP) is 9.55. The molecular weight excluding hydrogens is 503 g/mol. The molecule has 2 heterocycles. The first-order chi connectivity index (χ1) is 17.2. The van der Waals surface area contributed by atoms with Crippen molar-refractivity contribution in [3.8, 4) is 28.1 Å². The molecule has 184 valence electrons. The number of hydrogen-bond donors (Lipinski definition) is 0. The van der Waals surface area contributed by atoms with Crippen LogP contribution in [0.2, 0.25) is 5.02 Å². The summed E-state index contributed by atoms with van der Waals surface area (Å²) >= 11 is 6.23. The van der Waals surface area contributed by atoms with Gasteiger partial charge in [-0.1, -0.05) is 57.5 Å². The van der Waals surface area contributed by atoms with Crippen LogP contribution in [-0.2, 0) is 23.7 Å². The second-order valence-corrected chi connectivity index (χ2v) is 13.0. The van der Waals surface area contributed by atoms with Gasteiger partial charge in [0.05, 0.1) is 17.6 Å². The van der Waals surface area contributed by atoms with E-state index in [2.05, 4.69) is 73.8 Å². The molecule has 0 saturated carbocycles.